The molecule has 0 spiro atoms. The van der Waals surface area contributed by atoms with Crippen molar-refractivity contribution in [1.82, 2.24) is 34.1 Å². The van der Waals surface area contributed by atoms with E-state index in [4.69, 9.17) is 29.3 Å². The quantitative estimate of drug-likeness (QED) is 0.158. The van der Waals surface area contributed by atoms with Crippen LogP contribution < -0.4 is 0 Å². The molecule has 0 radical (unpaired) electrons. The van der Waals surface area contributed by atoms with E-state index in [0.717, 1.165) is 110 Å². The number of para-hydroxylation sites is 4. The Bertz CT molecular complexity index is 4240. The van der Waals surface area contributed by atoms with E-state index in [1.54, 1.807) is 0 Å². The Kier molecular flexibility index (Phi) is 8.72. The minimum atomic E-state index is 0.514. The largest absolute Gasteiger partial charge is 0.455 e. The molecule has 5 aromatic heterocycles. The predicted molar refractivity (Wildman–Crippen MR) is 279 cm³/mol. The molecule has 8 nitrogen and oxygen atoms in total. The predicted octanol–water partition coefficient (Wildman–Crippen LogP) is 15.1. The molecular weight excluding hydrogens is 847 g/mol. The van der Waals surface area contributed by atoms with Crippen LogP contribution in [-0.2, 0) is 0 Å². The van der Waals surface area contributed by atoms with Crippen LogP contribution in [0.15, 0.2) is 229 Å². The number of nitrogens with zero attached hydrogens (tertiary/aromatic N) is 7. The van der Waals surface area contributed by atoms with Gasteiger partial charge in [-0.25, -0.2) is 15.0 Å². The Morgan fingerprint density at radius 1 is 0.333 bits per heavy atom. The van der Waals surface area contributed by atoms with Gasteiger partial charge in [0.25, 0.3) is 0 Å². The van der Waals surface area contributed by atoms with Gasteiger partial charge in [0.15, 0.2) is 17.5 Å². The van der Waals surface area contributed by atoms with Crippen molar-refractivity contribution in [3.8, 4) is 68.2 Å². The molecule has 9 aromatic carbocycles. The van der Waals surface area contributed by atoms with Gasteiger partial charge in [-0.05, 0) is 60.2 Å². The summed E-state index contributed by atoms with van der Waals surface area (Å²) in [6.45, 7) is 0. The van der Waals surface area contributed by atoms with Crippen LogP contribution in [0.4, 0.5) is 0 Å². The van der Waals surface area contributed by atoms with Gasteiger partial charge in [0.05, 0.1) is 27.8 Å². The molecule has 8 heteroatoms. The van der Waals surface area contributed by atoms with E-state index in [-0.39, 0.29) is 0 Å². The average Bonchev–Trinajstić information content (AvgIpc) is 4.09. The van der Waals surface area contributed by atoms with Gasteiger partial charge in [0.1, 0.15) is 16.7 Å². The molecule has 69 heavy (non-hydrogen) atoms. The van der Waals surface area contributed by atoms with Gasteiger partial charge in [-0.2, -0.15) is 9.97 Å². The molecule has 14 rings (SSSR count). The summed E-state index contributed by atoms with van der Waals surface area (Å²) in [6.07, 6.45) is 0. The summed E-state index contributed by atoms with van der Waals surface area (Å²) in [5.41, 5.74) is 14.1. The minimum Gasteiger partial charge on any atom is -0.455 e. The van der Waals surface area contributed by atoms with Crippen molar-refractivity contribution < 1.29 is 4.42 Å². The van der Waals surface area contributed by atoms with Gasteiger partial charge in [-0.1, -0.05) is 170 Å². The third-order valence-electron chi connectivity index (χ3n) is 13.2. The number of rotatable bonds is 7. The molecule has 0 aliphatic carbocycles. The first kappa shape index (κ1) is 38.7. The second kappa shape index (κ2) is 15.5. The molecule has 14 aromatic rings. The number of fused-ring (bicyclic) bond motifs is 9. The lowest BCUT2D eigenvalue weighted by Crippen LogP contribution is -2.06. The van der Waals surface area contributed by atoms with Crippen LogP contribution in [0.2, 0.25) is 0 Å². The molecule has 5 heterocycles. The monoisotopic (exact) mass is 883 g/mol. The van der Waals surface area contributed by atoms with Gasteiger partial charge in [0, 0.05) is 60.4 Å². The van der Waals surface area contributed by atoms with Crippen LogP contribution in [0.5, 0.6) is 0 Å². The van der Waals surface area contributed by atoms with E-state index in [9.17, 15) is 0 Å². The lowest BCUT2D eigenvalue weighted by Gasteiger charge is -2.12. The molecule has 0 fully saturated rings. The smallest absolute Gasteiger partial charge is 0.238 e. The Morgan fingerprint density at radius 3 is 1.57 bits per heavy atom. The summed E-state index contributed by atoms with van der Waals surface area (Å²) >= 11 is 0. The van der Waals surface area contributed by atoms with Crippen LogP contribution in [-0.4, -0.2) is 34.1 Å². The fraction of sp³-hybridized carbons (Fsp3) is 0. The maximum Gasteiger partial charge on any atom is 0.238 e. The summed E-state index contributed by atoms with van der Waals surface area (Å²) in [6, 6.07) is 77.3. The van der Waals surface area contributed by atoms with Crippen LogP contribution in [0.3, 0.4) is 0 Å². The van der Waals surface area contributed by atoms with Crippen molar-refractivity contribution >= 4 is 65.7 Å². The van der Waals surface area contributed by atoms with E-state index in [2.05, 4.69) is 149 Å². The maximum atomic E-state index is 6.59. The van der Waals surface area contributed by atoms with Gasteiger partial charge >= 0.3 is 0 Å². The van der Waals surface area contributed by atoms with Crippen LogP contribution in [0.1, 0.15) is 0 Å². The standard InChI is InChI=1S/C61H37N7O/c1-5-18-38(19-6-1)54-56-55(47-27-13-15-30-50(47)67(56)43-24-11-4-12-25-43)63-60(62-54)42-33-35-52-49(37-42)48-36-41(44-28-17-29-46-45-26-14-16-31-53(45)69-57(44)46)32-34-51(48)68(52)61-65-58(39-20-7-2-8-21-39)64-59(66-61)40-22-9-3-10-23-40/h1-37H. The number of aromatic nitrogens is 7. The van der Waals surface area contributed by atoms with Crippen molar-refractivity contribution in [3.63, 3.8) is 0 Å². The van der Waals surface area contributed by atoms with E-state index >= 15 is 0 Å². The molecule has 0 aliphatic heterocycles. The Hall–Kier alpha value is -9.53. The fourth-order valence-corrected chi connectivity index (χ4v) is 10.0. The molecule has 0 bridgehead atoms. The highest BCUT2D eigenvalue weighted by Crippen LogP contribution is 2.42. The number of hydrogen-bond donors (Lipinski definition) is 0. The molecule has 0 saturated carbocycles. The topological polar surface area (TPSA) is 87.5 Å². The zero-order valence-corrected chi connectivity index (χ0v) is 36.9. The normalized spacial score (nSPS) is 11.8. The fourth-order valence-electron chi connectivity index (χ4n) is 10.0. The second-order valence-corrected chi connectivity index (χ2v) is 17.2. The van der Waals surface area contributed by atoms with Crippen molar-refractivity contribution in [2.24, 2.45) is 0 Å². The minimum absolute atomic E-state index is 0.514. The maximum absolute atomic E-state index is 6.59. The highest BCUT2D eigenvalue weighted by atomic mass is 16.3. The number of furan rings is 1. The third-order valence-corrected chi connectivity index (χ3v) is 13.2. The van der Waals surface area contributed by atoms with Crippen molar-refractivity contribution in [2.45, 2.75) is 0 Å². The Morgan fingerprint density at radius 2 is 0.870 bits per heavy atom. The van der Waals surface area contributed by atoms with Gasteiger partial charge in [-0.3, -0.25) is 4.57 Å². The average molecular weight is 884 g/mol. The first-order valence-corrected chi connectivity index (χ1v) is 23.0. The van der Waals surface area contributed by atoms with Crippen molar-refractivity contribution in [3.05, 3.63) is 224 Å². The number of hydrogen-bond acceptors (Lipinski definition) is 6. The summed E-state index contributed by atoms with van der Waals surface area (Å²) in [4.78, 5) is 26.5. The zero-order chi connectivity index (χ0) is 45.4. The summed E-state index contributed by atoms with van der Waals surface area (Å²) in [7, 11) is 0. The van der Waals surface area contributed by atoms with Crippen LogP contribution in [0, 0.1) is 0 Å². The van der Waals surface area contributed by atoms with Gasteiger partial charge < -0.3 is 8.98 Å². The molecule has 0 unspecified atom stereocenters. The van der Waals surface area contributed by atoms with E-state index in [1.165, 1.54) is 0 Å². The SMILES string of the molecule is c1ccc(-c2nc(-c3ccccc3)nc(-n3c4ccc(-c5nc(-c6ccccc6)c6c(n5)c5ccccc5n6-c5ccccc5)cc4c4cc(-c5cccc6c5oc5ccccc56)ccc43)n2)cc1. The lowest BCUT2D eigenvalue weighted by atomic mass is 10.00. The van der Waals surface area contributed by atoms with E-state index in [1.807, 2.05) is 84.9 Å². The molecule has 0 N–H and O–H groups in total. The molecule has 322 valence electrons. The summed E-state index contributed by atoms with van der Waals surface area (Å²) in [5.74, 6) is 2.31. The molecule has 0 amide bonds. The van der Waals surface area contributed by atoms with E-state index in [0.29, 0.717) is 23.4 Å². The summed E-state index contributed by atoms with van der Waals surface area (Å²) < 4.78 is 11.0. The van der Waals surface area contributed by atoms with Crippen molar-refractivity contribution in [1.29, 1.82) is 0 Å². The molecular formula is C61H37N7O. The third kappa shape index (κ3) is 6.27. The lowest BCUT2D eigenvalue weighted by molar-refractivity contribution is 0.670. The summed E-state index contributed by atoms with van der Waals surface area (Å²) in [5, 5.41) is 5.24. The van der Waals surface area contributed by atoms with Crippen LogP contribution >= 0.6 is 0 Å². The first-order valence-electron chi connectivity index (χ1n) is 23.0. The van der Waals surface area contributed by atoms with E-state index < -0.39 is 0 Å². The molecule has 0 aliphatic rings. The highest BCUT2D eigenvalue weighted by molar-refractivity contribution is 6.15. The Balaban J connectivity index is 1.05. The van der Waals surface area contributed by atoms with Gasteiger partial charge in [-0.15, -0.1) is 0 Å². The second-order valence-electron chi connectivity index (χ2n) is 17.2. The van der Waals surface area contributed by atoms with Gasteiger partial charge in [0.2, 0.25) is 5.95 Å². The Labute approximate surface area is 395 Å². The van der Waals surface area contributed by atoms with Crippen molar-refractivity contribution in [2.75, 3.05) is 0 Å². The first-order chi connectivity index (χ1) is 34.2. The van der Waals surface area contributed by atoms with Crippen LogP contribution in [0.25, 0.3) is 134 Å². The zero-order valence-electron chi connectivity index (χ0n) is 36.9. The highest BCUT2D eigenvalue weighted by Gasteiger charge is 2.24. The number of benzene rings is 9. The molecule has 0 saturated heterocycles. The molecule has 0 atom stereocenters.